The van der Waals surface area contributed by atoms with E-state index in [1.807, 2.05) is 11.8 Å². The molecule has 17 heavy (non-hydrogen) atoms. The van der Waals surface area contributed by atoms with Gasteiger partial charge in [0.25, 0.3) is 0 Å². The number of hydrogen-bond acceptors (Lipinski definition) is 3. The zero-order valence-corrected chi connectivity index (χ0v) is 15.1. The summed E-state index contributed by atoms with van der Waals surface area (Å²) in [5.74, 6) is 2.22. The molecule has 0 amide bonds. The second kappa shape index (κ2) is 7.56. The maximum absolute atomic E-state index is 4.03. The van der Waals surface area contributed by atoms with Crippen LogP contribution in [0, 0.1) is 5.92 Å². The molecular formula is C13H30IN2S-. The van der Waals surface area contributed by atoms with Gasteiger partial charge in [0.15, 0.2) is 0 Å². The van der Waals surface area contributed by atoms with Crippen molar-refractivity contribution in [1.29, 1.82) is 0 Å². The third-order valence-electron chi connectivity index (χ3n) is 3.76. The van der Waals surface area contributed by atoms with Crippen molar-refractivity contribution in [1.82, 2.24) is 6.64 Å². The van der Waals surface area contributed by atoms with E-state index in [0.717, 1.165) is 12.0 Å². The van der Waals surface area contributed by atoms with Gasteiger partial charge in [-0.25, -0.2) is 0 Å². The first-order valence-corrected chi connectivity index (χ1v) is 14.4. The summed E-state index contributed by atoms with van der Waals surface area (Å²) in [6.07, 6.45) is 7.74. The second-order valence-corrected chi connectivity index (χ2v) is 15.3. The first-order chi connectivity index (χ1) is 8.01. The molecule has 0 aromatic rings. The van der Waals surface area contributed by atoms with Crippen LogP contribution in [0.3, 0.4) is 0 Å². The van der Waals surface area contributed by atoms with E-state index >= 15 is 0 Å². The number of unbranched alkanes of at least 4 members (excludes halogenated alkanes) is 1. The molecule has 1 rings (SSSR count). The van der Waals surface area contributed by atoms with Crippen molar-refractivity contribution >= 4 is 11.8 Å². The SMILES string of the molecule is CCCC[C@@H](CSC)[C@H]1CCN(C)[I-](C)(C)N1. The van der Waals surface area contributed by atoms with Crippen LogP contribution in [0.4, 0.5) is 0 Å². The second-order valence-electron chi connectivity index (χ2n) is 5.37. The Hall–Kier alpha value is 1.00. The molecule has 0 aromatic carbocycles. The average molecular weight is 373 g/mol. The number of alkyl halides is 2. The fourth-order valence-corrected chi connectivity index (χ4v) is 7.98. The Balaban J connectivity index is 2.55. The predicted octanol–water partition coefficient (Wildman–Crippen LogP) is -0.300. The zero-order chi connectivity index (χ0) is 12.9. The first kappa shape index (κ1) is 16.1. The molecule has 1 N–H and O–H groups in total. The monoisotopic (exact) mass is 373 g/mol. The molecule has 0 saturated carbocycles. The summed E-state index contributed by atoms with van der Waals surface area (Å²) in [4.78, 5) is 4.96. The average Bonchev–Trinajstić information content (AvgIpc) is 2.28. The van der Waals surface area contributed by atoms with E-state index in [1.165, 1.54) is 38.0 Å². The Labute approximate surface area is 117 Å². The van der Waals surface area contributed by atoms with Gasteiger partial charge in [0.1, 0.15) is 0 Å². The van der Waals surface area contributed by atoms with Crippen molar-refractivity contribution in [2.24, 2.45) is 5.92 Å². The van der Waals surface area contributed by atoms with E-state index in [-0.39, 0.29) is 0 Å². The van der Waals surface area contributed by atoms with E-state index < -0.39 is 19.0 Å². The number of thioether (sulfide) groups is 1. The van der Waals surface area contributed by atoms with E-state index in [2.05, 4.69) is 36.7 Å². The van der Waals surface area contributed by atoms with Crippen LogP contribution in [0.2, 0.25) is 0 Å². The van der Waals surface area contributed by atoms with Gasteiger partial charge in [-0.1, -0.05) is 0 Å². The molecule has 0 spiro atoms. The minimum atomic E-state index is -1.75. The normalized spacial score (nSPS) is 28.9. The summed E-state index contributed by atoms with van der Waals surface area (Å²) in [7, 11) is 2.30. The van der Waals surface area contributed by atoms with Gasteiger partial charge < -0.3 is 0 Å². The molecule has 1 saturated heterocycles. The third kappa shape index (κ3) is 4.88. The topological polar surface area (TPSA) is 15.3 Å². The van der Waals surface area contributed by atoms with Gasteiger partial charge in [-0.3, -0.25) is 0 Å². The predicted molar refractivity (Wildman–Crippen MR) is 77.4 cm³/mol. The molecule has 0 radical (unpaired) electrons. The van der Waals surface area contributed by atoms with Gasteiger partial charge in [-0.05, 0) is 0 Å². The van der Waals surface area contributed by atoms with Gasteiger partial charge >= 0.3 is 117 Å². The summed E-state index contributed by atoms with van der Waals surface area (Å²) in [5, 5.41) is 0. The summed E-state index contributed by atoms with van der Waals surface area (Å²) >= 11 is 0.271. The van der Waals surface area contributed by atoms with Gasteiger partial charge in [0.2, 0.25) is 0 Å². The number of hydrogen-bond donors (Lipinski definition) is 1. The molecule has 2 nitrogen and oxygen atoms in total. The minimum absolute atomic E-state index is 0.789. The number of halogens is 1. The van der Waals surface area contributed by atoms with Crippen molar-refractivity contribution in [3.63, 3.8) is 0 Å². The summed E-state index contributed by atoms with van der Waals surface area (Å²) in [5.41, 5.74) is 0. The van der Waals surface area contributed by atoms with E-state index in [4.69, 9.17) is 0 Å². The summed E-state index contributed by atoms with van der Waals surface area (Å²) in [6.45, 7) is 3.61. The van der Waals surface area contributed by atoms with Crippen LogP contribution in [-0.2, 0) is 0 Å². The fraction of sp³-hybridized carbons (Fsp3) is 1.00. The molecule has 106 valence electrons. The van der Waals surface area contributed by atoms with Gasteiger partial charge in [-0.15, -0.1) is 0 Å². The van der Waals surface area contributed by atoms with Crippen LogP contribution in [0.1, 0.15) is 32.6 Å². The van der Waals surface area contributed by atoms with E-state index in [0.29, 0.717) is 0 Å². The van der Waals surface area contributed by atoms with Crippen LogP contribution in [0.5, 0.6) is 0 Å². The van der Waals surface area contributed by atoms with Crippen LogP contribution in [0.25, 0.3) is 0 Å². The molecule has 4 heteroatoms. The van der Waals surface area contributed by atoms with Gasteiger partial charge in [0.05, 0.1) is 0 Å². The summed E-state index contributed by atoms with van der Waals surface area (Å²) in [6, 6.07) is 0.789. The number of rotatable bonds is 6. The van der Waals surface area contributed by atoms with Crippen LogP contribution in [0.15, 0.2) is 0 Å². The van der Waals surface area contributed by atoms with Crippen molar-refractivity contribution in [2.45, 2.75) is 38.6 Å². The molecule has 1 aliphatic rings. The Morgan fingerprint density at radius 3 is 2.71 bits per heavy atom. The first-order valence-electron chi connectivity index (χ1n) is 6.63. The Kier molecular flexibility index (Phi) is 7.14. The van der Waals surface area contributed by atoms with Crippen molar-refractivity contribution in [3.05, 3.63) is 0 Å². The van der Waals surface area contributed by atoms with Gasteiger partial charge in [0, 0.05) is 0 Å². The standard InChI is InChI=1S/C13H30IN2S/c1-6-7-8-12(11-17-5)13-9-10-16(4)14(2,3)15-13/h12-13,15H,6-11H2,1-5H3/q-1/t12-,13+/m0/s1. The Morgan fingerprint density at radius 2 is 2.18 bits per heavy atom. The number of nitrogens with zero attached hydrogens (tertiary/aromatic N) is 1. The summed E-state index contributed by atoms with van der Waals surface area (Å²) < 4.78 is 6.64. The van der Waals surface area contributed by atoms with Crippen molar-refractivity contribution in [3.8, 4) is 0 Å². The molecule has 0 unspecified atom stereocenters. The fourth-order valence-electron chi connectivity index (χ4n) is 2.41. The Bertz CT molecular complexity index is 223. The van der Waals surface area contributed by atoms with Crippen molar-refractivity contribution in [2.75, 3.05) is 35.5 Å². The molecule has 1 fully saturated rings. The third-order valence-corrected chi connectivity index (χ3v) is 11.4. The van der Waals surface area contributed by atoms with E-state index in [1.54, 1.807) is 0 Å². The zero-order valence-electron chi connectivity index (χ0n) is 12.1. The molecular weight excluding hydrogens is 343 g/mol. The Morgan fingerprint density at radius 1 is 1.47 bits per heavy atom. The maximum atomic E-state index is 4.03. The molecule has 2 atom stereocenters. The van der Waals surface area contributed by atoms with Crippen LogP contribution >= 0.6 is 11.8 Å². The van der Waals surface area contributed by atoms with Crippen LogP contribution in [-0.4, -0.2) is 44.6 Å². The molecule has 0 bridgehead atoms. The van der Waals surface area contributed by atoms with Gasteiger partial charge in [-0.2, -0.15) is 0 Å². The quantitative estimate of drug-likeness (QED) is 0.391. The molecule has 0 aromatic heterocycles. The molecule has 0 aliphatic carbocycles. The van der Waals surface area contributed by atoms with E-state index in [9.17, 15) is 0 Å². The molecule has 1 heterocycles. The van der Waals surface area contributed by atoms with Crippen LogP contribution < -0.4 is 22.5 Å². The molecule has 1 aliphatic heterocycles. The van der Waals surface area contributed by atoms with Crippen molar-refractivity contribution < 1.29 is 19.0 Å². The number of nitrogens with one attached hydrogen (secondary N) is 1.